The van der Waals surface area contributed by atoms with E-state index in [1.54, 1.807) is 42.5 Å². The summed E-state index contributed by atoms with van der Waals surface area (Å²) in [6.45, 7) is 2.09. The highest BCUT2D eigenvalue weighted by Crippen LogP contribution is 2.31. The summed E-state index contributed by atoms with van der Waals surface area (Å²) in [5.74, 6) is 0.919. The molecule has 36 heavy (non-hydrogen) atoms. The summed E-state index contributed by atoms with van der Waals surface area (Å²) in [5, 5.41) is 14.0. The number of nitrogens with zero attached hydrogens (tertiary/aromatic N) is 2. The van der Waals surface area contributed by atoms with Gasteiger partial charge in [-0.3, -0.25) is 14.9 Å². The van der Waals surface area contributed by atoms with Crippen LogP contribution in [0.5, 0.6) is 0 Å². The molecule has 0 saturated heterocycles. The van der Waals surface area contributed by atoms with Crippen LogP contribution in [0.4, 0.5) is 11.4 Å². The lowest BCUT2D eigenvalue weighted by molar-refractivity contribution is -0.384. The van der Waals surface area contributed by atoms with Crippen LogP contribution in [-0.2, 0) is 11.2 Å². The first-order valence-electron chi connectivity index (χ1n) is 11.3. The highest BCUT2D eigenvalue weighted by atomic mass is 16.6. The number of nitrogens with one attached hydrogen (secondary N) is 1. The predicted molar refractivity (Wildman–Crippen MR) is 137 cm³/mol. The van der Waals surface area contributed by atoms with E-state index < -0.39 is 4.92 Å². The standard InChI is InChI=1S/C28H21N3O5/c1-2-18-7-14-26-23(17-18)30-28(36-26)19-8-10-20(11-9-19)29-27(32)16-13-21-12-15-25(35-21)22-5-3-4-6-24(22)31(33)34/h3-17H,2H2,1H3,(H,29,32)/b16-13+. The number of para-hydroxylation sites is 1. The Bertz CT molecular complexity index is 1600. The summed E-state index contributed by atoms with van der Waals surface area (Å²) in [6, 6.07) is 22.8. The number of rotatable bonds is 7. The number of fused-ring (bicyclic) bond motifs is 1. The van der Waals surface area contributed by atoms with Gasteiger partial charge >= 0.3 is 0 Å². The number of furan rings is 1. The van der Waals surface area contributed by atoms with Gasteiger partial charge in [0, 0.05) is 23.4 Å². The fourth-order valence-corrected chi connectivity index (χ4v) is 3.78. The van der Waals surface area contributed by atoms with Crippen molar-refractivity contribution in [2.45, 2.75) is 13.3 Å². The van der Waals surface area contributed by atoms with E-state index in [9.17, 15) is 14.9 Å². The molecule has 5 rings (SSSR count). The molecule has 0 atom stereocenters. The van der Waals surface area contributed by atoms with Gasteiger partial charge in [0.15, 0.2) is 5.58 Å². The second-order valence-electron chi connectivity index (χ2n) is 8.05. The molecule has 178 valence electrons. The Hall–Kier alpha value is -4.98. The average molecular weight is 479 g/mol. The third kappa shape index (κ3) is 4.78. The molecule has 0 unspecified atom stereocenters. The molecular weight excluding hydrogens is 458 g/mol. The number of aryl methyl sites for hydroxylation is 1. The molecular formula is C28H21N3O5. The van der Waals surface area contributed by atoms with Gasteiger partial charge in [0.1, 0.15) is 17.0 Å². The summed E-state index contributed by atoms with van der Waals surface area (Å²) in [7, 11) is 0. The maximum Gasteiger partial charge on any atom is 0.280 e. The van der Waals surface area contributed by atoms with Crippen molar-refractivity contribution in [3.8, 4) is 22.8 Å². The van der Waals surface area contributed by atoms with Gasteiger partial charge in [-0.1, -0.05) is 25.1 Å². The minimum Gasteiger partial charge on any atom is -0.456 e. The molecule has 5 aromatic rings. The van der Waals surface area contributed by atoms with Crippen LogP contribution in [0.1, 0.15) is 18.2 Å². The van der Waals surface area contributed by atoms with Gasteiger partial charge in [0.25, 0.3) is 5.69 Å². The number of carbonyl (C=O) groups excluding carboxylic acids is 1. The van der Waals surface area contributed by atoms with Crippen molar-refractivity contribution < 1.29 is 18.6 Å². The Morgan fingerprint density at radius 2 is 1.83 bits per heavy atom. The molecule has 0 aliphatic rings. The van der Waals surface area contributed by atoms with Crippen LogP contribution >= 0.6 is 0 Å². The van der Waals surface area contributed by atoms with E-state index >= 15 is 0 Å². The van der Waals surface area contributed by atoms with Gasteiger partial charge in [-0.05, 0) is 72.7 Å². The fraction of sp³-hybridized carbons (Fsp3) is 0.0714. The number of anilines is 1. The second-order valence-corrected chi connectivity index (χ2v) is 8.05. The Kier molecular flexibility index (Phi) is 6.15. The lowest BCUT2D eigenvalue weighted by Gasteiger charge is -2.02. The molecule has 3 aromatic carbocycles. The SMILES string of the molecule is CCc1ccc2oc(-c3ccc(NC(=O)/C=C/c4ccc(-c5ccccc5[N+](=O)[O-])o4)cc3)nc2c1. The van der Waals surface area contributed by atoms with E-state index in [-0.39, 0.29) is 11.6 Å². The lowest BCUT2D eigenvalue weighted by Crippen LogP contribution is -2.07. The van der Waals surface area contributed by atoms with E-state index in [0.717, 1.165) is 23.1 Å². The zero-order valence-electron chi connectivity index (χ0n) is 19.3. The van der Waals surface area contributed by atoms with Gasteiger partial charge in [0.2, 0.25) is 11.8 Å². The van der Waals surface area contributed by atoms with Crippen molar-refractivity contribution in [2.75, 3.05) is 5.32 Å². The molecule has 0 aliphatic carbocycles. The van der Waals surface area contributed by atoms with E-state index in [1.807, 2.05) is 30.3 Å². The molecule has 0 saturated carbocycles. The number of hydrogen-bond acceptors (Lipinski definition) is 6. The molecule has 8 nitrogen and oxygen atoms in total. The maximum atomic E-state index is 12.4. The largest absolute Gasteiger partial charge is 0.456 e. The van der Waals surface area contributed by atoms with E-state index in [2.05, 4.69) is 17.2 Å². The van der Waals surface area contributed by atoms with Crippen LogP contribution in [0.3, 0.4) is 0 Å². The van der Waals surface area contributed by atoms with Crippen LogP contribution in [-0.4, -0.2) is 15.8 Å². The van der Waals surface area contributed by atoms with Crippen LogP contribution in [0.25, 0.3) is 40.0 Å². The predicted octanol–water partition coefficient (Wildman–Crippen LogP) is 6.88. The monoisotopic (exact) mass is 479 g/mol. The Morgan fingerprint density at radius 3 is 2.61 bits per heavy atom. The second kappa shape index (κ2) is 9.71. The molecule has 0 spiro atoms. The van der Waals surface area contributed by atoms with Crippen molar-refractivity contribution >= 4 is 34.5 Å². The highest BCUT2D eigenvalue weighted by molar-refractivity contribution is 6.01. The van der Waals surface area contributed by atoms with Crippen LogP contribution in [0, 0.1) is 10.1 Å². The Labute approximate surface area is 206 Å². The third-order valence-corrected chi connectivity index (χ3v) is 5.65. The average Bonchev–Trinajstić information content (AvgIpc) is 3.54. The van der Waals surface area contributed by atoms with Crippen molar-refractivity contribution in [3.05, 3.63) is 106 Å². The number of aromatic nitrogens is 1. The molecule has 2 aromatic heterocycles. The summed E-state index contributed by atoms with van der Waals surface area (Å²) in [4.78, 5) is 27.7. The van der Waals surface area contributed by atoms with Gasteiger partial charge in [-0.15, -0.1) is 0 Å². The molecule has 0 radical (unpaired) electrons. The normalized spacial score (nSPS) is 11.2. The summed E-state index contributed by atoms with van der Waals surface area (Å²) >= 11 is 0. The first-order chi connectivity index (χ1) is 17.5. The summed E-state index contributed by atoms with van der Waals surface area (Å²) in [6.07, 6.45) is 3.77. The van der Waals surface area contributed by atoms with E-state index in [1.165, 1.54) is 23.8 Å². The van der Waals surface area contributed by atoms with Gasteiger partial charge in [0.05, 0.1) is 10.5 Å². The maximum absolute atomic E-state index is 12.4. The number of nitro benzene ring substituents is 1. The number of carbonyl (C=O) groups is 1. The lowest BCUT2D eigenvalue weighted by atomic mass is 10.1. The number of amides is 1. The first-order valence-corrected chi connectivity index (χ1v) is 11.3. The van der Waals surface area contributed by atoms with Crippen molar-refractivity contribution in [1.82, 2.24) is 4.98 Å². The number of benzene rings is 3. The van der Waals surface area contributed by atoms with Gasteiger partial charge < -0.3 is 14.2 Å². The first kappa shape index (κ1) is 22.8. The van der Waals surface area contributed by atoms with Crippen molar-refractivity contribution in [3.63, 3.8) is 0 Å². The minimum atomic E-state index is -0.460. The van der Waals surface area contributed by atoms with Crippen LogP contribution < -0.4 is 5.32 Å². The number of hydrogen-bond donors (Lipinski definition) is 1. The molecule has 1 amide bonds. The molecule has 0 aliphatic heterocycles. The number of oxazole rings is 1. The zero-order chi connectivity index (χ0) is 25.1. The fourth-order valence-electron chi connectivity index (χ4n) is 3.78. The Morgan fingerprint density at radius 1 is 1.03 bits per heavy atom. The minimum absolute atomic E-state index is 0.0490. The van der Waals surface area contributed by atoms with Crippen molar-refractivity contribution in [2.24, 2.45) is 0 Å². The van der Waals surface area contributed by atoms with Crippen molar-refractivity contribution in [1.29, 1.82) is 0 Å². The Balaban J connectivity index is 1.25. The van der Waals surface area contributed by atoms with Crippen LogP contribution in [0.2, 0.25) is 0 Å². The third-order valence-electron chi connectivity index (χ3n) is 5.65. The molecule has 2 heterocycles. The van der Waals surface area contributed by atoms with E-state index in [4.69, 9.17) is 8.83 Å². The highest BCUT2D eigenvalue weighted by Gasteiger charge is 2.16. The number of nitro groups is 1. The molecule has 8 heteroatoms. The van der Waals surface area contributed by atoms with Gasteiger partial charge in [-0.25, -0.2) is 4.98 Å². The van der Waals surface area contributed by atoms with Crippen LogP contribution in [0.15, 0.2) is 93.8 Å². The summed E-state index contributed by atoms with van der Waals surface area (Å²) in [5.41, 5.74) is 4.47. The molecule has 0 bridgehead atoms. The summed E-state index contributed by atoms with van der Waals surface area (Å²) < 4.78 is 11.5. The quantitative estimate of drug-likeness (QED) is 0.155. The topological polar surface area (TPSA) is 111 Å². The molecule has 1 N–H and O–H groups in total. The van der Waals surface area contributed by atoms with Gasteiger partial charge in [-0.2, -0.15) is 0 Å². The zero-order valence-corrected chi connectivity index (χ0v) is 19.3. The smallest absolute Gasteiger partial charge is 0.280 e. The molecule has 0 fully saturated rings. The van der Waals surface area contributed by atoms with E-state index in [0.29, 0.717) is 28.7 Å².